The highest BCUT2D eigenvalue weighted by atomic mass is 35.5. The van der Waals surface area contributed by atoms with E-state index in [1.165, 1.54) is 5.56 Å². The molecule has 0 atom stereocenters. The number of carbonyl (C=O) groups excluding carboxylic acids is 1. The molecule has 0 saturated heterocycles. The van der Waals surface area contributed by atoms with Gasteiger partial charge in [0.25, 0.3) is 5.91 Å². The second-order valence-corrected chi connectivity index (χ2v) is 6.67. The Kier molecular flexibility index (Phi) is 7.07. The van der Waals surface area contributed by atoms with E-state index in [0.29, 0.717) is 22.5 Å². The Labute approximate surface area is 153 Å². The molecule has 2 aromatic rings. The molecule has 24 heavy (non-hydrogen) atoms. The molecule has 0 unspecified atom stereocenters. The molecule has 0 radical (unpaired) electrons. The van der Waals surface area contributed by atoms with Crippen molar-refractivity contribution in [1.82, 2.24) is 5.32 Å². The van der Waals surface area contributed by atoms with E-state index in [-0.39, 0.29) is 12.5 Å². The summed E-state index contributed by atoms with van der Waals surface area (Å²) < 4.78 is 1.88. The summed E-state index contributed by atoms with van der Waals surface area (Å²) in [7, 11) is 0. The Hall–Kier alpha value is -1.58. The Balaban J connectivity index is 1.90. The zero-order valence-corrected chi connectivity index (χ0v) is 15.6. The summed E-state index contributed by atoms with van der Waals surface area (Å²) in [5, 5.41) is 4.03. The highest BCUT2D eigenvalue weighted by molar-refractivity contribution is 6.35. The number of nitrogens with zero attached hydrogens (tertiary/aromatic N) is 1. The molecule has 1 amide bonds. The van der Waals surface area contributed by atoms with Crippen LogP contribution in [0.15, 0.2) is 42.7 Å². The van der Waals surface area contributed by atoms with Gasteiger partial charge in [0.2, 0.25) is 6.54 Å². The average Bonchev–Trinajstić information content (AvgIpc) is 2.56. The molecule has 3 nitrogen and oxygen atoms in total. The van der Waals surface area contributed by atoms with Crippen molar-refractivity contribution in [3.63, 3.8) is 0 Å². The van der Waals surface area contributed by atoms with Crippen LogP contribution in [0.4, 0.5) is 0 Å². The first-order valence-corrected chi connectivity index (χ1v) is 8.98. The maximum atomic E-state index is 12.1. The fraction of sp³-hybridized carbons (Fsp3) is 0.368. The molecule has 1 N–H and O–H groups in total. The van der Waals surface area contributed by atoms with E-state index < -0.39 is 0 Å². The summed E-state index contributed by atoms with van der Waals surface area (Å²) in [6.07, 6.45) is 6.18. The molecule has 1 heterocycles. The fourth-order valence-corrected chi connectivity index (χ4v) is 3.16. The lowest BCUT2D eigenvalue weighted by Gasteiger charge is -2.11. The first-order chi connectivity index (χ1) is 11.5. The number of nitrogens with one attached hydrogen (secondary N) is 1. The lowest BCUT2D eigenvalue weighted by Crippen LogP contribution is -2.42. The number of pyridine rings is 1. The van der Waals surface area contributed by atoms with Gasteiger partial charge in [0.1, 0.15) is 0 Å². The van der Waals surface area contributed by atoms with Crippen LogP contribution in [0.1, 0.15) is 43.7 Å². The molecular formula is C19H23Cl2N2O+. The molecule has 0 aliphatic carbocycles. The van der Waals surface area contributed by atoms with Crippen LogP contribution in [-0.2, 0) is 17.9 Å². The number of carbonyl (C=O) groups is 1. The number of rotatable bonds is 7. The second-order valence-electron chi connectivity index (χ2n) is 5.83. The Bertz CT molecular complexity index is 682. The molecule has 0 fully saturated rings. The van der Waals surface area contributed by atoms with Crippen molar-refractivity contribution >= 4 is 29.1 Å². The van der Waals surface area contributed by atoms with Crippen molar-refractivity contribution in [2.45, 2.75) is 45.7 Å². The van der Waals surface area contributed by atoms with Crippen molar-refractivity contribution < 1.29 is 9.36 Å². The highest BCUT2D eigenvalue weighted by Crippen LogP contribution is 2.21. The SMILES string of the molecule is CCC(CC)c1cc[n+](CC(=O)NCc2ccc(Cl)cc2Cl)cc1. The summed E-state index contributed by atoms with van der Waals surface area (Å²) in [5.74, 6) is 0.529. The first-order valence-electron chi connectivity index (χ1n) is 8.23. The summed E-state index contributed by atoms with van der Waals surface area (Å²) in [4.78, 5) is 12.1. The van der Waals surface area contributed by atoms with Gasteiger partial charge in [-0.05, 0) is 42.0 Å². The third kappa shape index (κ3) is 5.22. The number of aromatic nitrogens is 1. The molecule has 0 saturated carbocycles. The van der Waals surface area contributed by atoms with E-state index in [1.54, 1.807) is 12.1 Å². The van der Waals surface area contributed by atoms with Crippen molar-refractivity contribution in [3.05, 3.63) is 63.9 Å². The highest BCUT2D eigenvalue weighted by Gasteiger charge is 2.12. The monoisotopic (exact) mass is 365 g/mol. The molecule has 0 aliphatic rings. The van der Waals surface area contributed by atoms with Crippen LogP contribution in [0.25, 0.3) is 0 Å². The molecular weight excluding hydrogens is 343 g/mol. The van der Waals surface area contributed by atoms with Gasteiger partial charge in [-0.1, -0.05) is 43.1 Å². The number of benzene rings is 1. The number of hydrogen-bond acceptors (Lipinski definition) is 1. The topological polar surface area (TPSA) is 33.0 Å². The smallest absolute Gasteiger partial charge is 0.286 e. The quantitative estimate of drug-likeness (QED) is 0.719. The standard InChI is InChI=1S/C19H22Cl2N2O/c1-3-14(4-2)15-7-9-23(10-8-15)13-19(24)22-12-16-5-6-17(20)11-18(16)21/h5-11,14H,3-4,12-13H2,1-2H3/p+1. The largest absolute Gasteiger partial charge is 0.346 e. The van der Waals surface area contributed by atoms with Crippen LogP contribution < -0.4 is 9.88 Å². The maximum absolute atomic E-state index is 12.1. The van der Waals surface area contributed by atoms with Crippen molar-refractivity contribution in [3.8, 4) is 0 Å². The molecule has 0 spiro atoms. The molecule has 0 aliphatic heterocycles. The number of hydrogen-bond donors (Lipinski definition) is 1. The van der Waals surface area contributed by atoms with Crippen LogP contribution in [0.3, 0.4) is 0 Å². The molecule has 1 aromatic heterocycles. The van der Waals surface area contributed by atoms with E-state index in [2.05, 4.69) is 31.3 Å². The minimum absolute atomic E-state index is 0.0544. The third-order valence-corrected chi connectivity index (χ3v) is 4.78. The predicted octanol–water partition coefficient (Wildman–Crippen LogP) is 4.50. The summed E-state index contributed by atoms with van der Waals surface area (Å²) in [6, 6.07) is 9.46. The number of amides is 1. The molecule has 2 rings (SSSR count). The minimum atomic E-state index is -0.0544. The van der Waals surface area contributed by atoms with E-state index in [1.807, 2.05) is 23.0 Å². The van der Waals surface area contributed by atoms with Crippen LogP contribution in [0, 0.1) is 0 Å². The maximum Gasteiger partial charge on any atom is 0.286 e. The van der Waals surface area contributed by atoms with E-state index in [4.69, 9.17) is 23.2 Å². The molecule has 5 heteroatoms. The van der Waals surface area contributed by atoms with Crippen LogP contribution in [0.5, 0.6) is 0 Å². The van der Waals surface area contributed by atoms with Gasteiger partial charge in [-0.25, -0.2) is 0 Å². The van der Waals surface area contributed by atoms with Crippen LogP contribution in [-0.4, -0.2) is 5.91 Å². The normalized spacial score (nSPS) is 10.9. The van der Waals surface area contributed by atoms with Gasteiger partial charge in [-0.2, -0.15) is 4.57 Å². The number of halogens is 2. The van der Waals surface area contributed by atoms with E-state index >= 15 is 0 Å². The first kappa shape index (κ1) is 18.8. The van der Waals surface area contributed by atoms with Gasteiger partial charge in [0.05, 0.1) is 0 Å². The zero-order valence-electron chi connectivity index (χ0n) is 14.1. The van der Waals surface area contributed by atoms with Gasteiger partial charge < -0.3 is 5.32 Å². The van der Waals surface area contributed by atoms with Crippen LogP contribution in [0.2, 0.25) is 10.0 Å². The van der Waals surface area contributed by atoms with Gasteiger partial charge >= 0.3 is 0 Å². The summed E-state index contributed by atoms with van der Waals surface area (Å²) >= 11 is 12.0. The van der Waals surface area contributed by atoms with Gasteiger partial charge in [0.15, 0.2) is 12.4 Å². The average molecular weight is 366 g/mol. The van der Waals surface area contributed by atoms with Gasteiger partial charge in [-0.3, -0.25) is 4.79 Å². The molecule has 128 valence electrons. The Morgan fingerprint density at radius 1 is 1.12 bits per heavy atom. The summed E-state index contributed by atoms with van der Waals surface area (Å²) in [6.45, 7) is 5.07. The van der Waals surface area contributed by atoms with Crippen molar-refractivity contribution in [2.24, 2.45) is 0 Å². The lowest BCUT2D eigenvalue weighted by molar-refractivity contribution is -0.684. The van der Waals surface area contributed by atoms with E-state index in [9.17, 15) is 4.79 Å². The van der Waals surface area contributed by atoms with Gasteiger partial charge in [-0.15, -0.1) is 0 Å². The lowest BCUT2D eigenvalue weighted by atomic mass is 9.95. The Morgan fingerprint density at radius 2 is 1.79 bits per heavy atom. The van der Waals surface area contributed by atoms with Crippen molar-refractivity contribution in [1.29, 1.82) is 0 Å². The summed E-state index contributed by atoms with van der Waals surface area (Å²) in [5.41, 5.74) is 2.17. The molecule has 0 bridgehead atoms. The van der Waals surface area contributed by atoms with Crippen molar-refractivity contribution in [2.75, 3.05) is 0 Å². The zero-order chi connectivity index (χ0) is 17.5. The van der Waals surface area contributed by atoms with E-state index in [0.717, 1.165) is 18.4 Å². The Morgan fingerprint density at radius 3 is 2.38 bits per heavy atom. The second kappa shape index (κ2) is 9.05. The fourth-order valence-electron chi connectivity index (χ4n) is 2.69. The molecule has 1 aromatic carbocycles. The van der Waals surface area contributed by atoms with Crippen LogP contribution >= 0.6 is 23.2 Å². The van der Waals surface area contributed by atoms with Gasteiger partial charge in [0, 0.05) is 28.7 Å². The predicted molar refractivity (Wildman–Crippen MR) is 98.3 cm³/mol. The minimum Gasteiger partial charge on any atom is -0.346 e. The third-order valence-electron chi connectivity index (χ3n) is 4.19.